The minimum atomic E-state index is -1.19. The largest absolute Gasteiger partial charge is 0.504 e. The van der Waals surface area contributed by atoms with Crippen LogP contribution in [0.5, 0.6) is 34.5 Å². The smallest absolute Gasteiger partial charge is 0.254 e. The Morgan fingerprint density at radius 1 is 0.694 bits per heavy atom. The van der Waals surface area contributed by atoms with Crippen molar-refractivity contribution in [1.82, 2.24) is 10.2 Å². The Morgan fingerprint density at radius 3 is 1.51 bits per heavy atom. The number of imide groups is 1. The number of rotatable bonds is 18. The van der Waals surface area contributed by atoms with E-state index in [9.17, 15) is 29.7 Å². The molecule has 6 N–H and O–H groups in total. The molecule has 0 saturated carbocycles. The summed E-state index contributed by atoms with van der Waals surface area (Å²) in [5.74, 6) is -1.63. The van der Waals surface area contributed by atoms with E-state index in [0.29, 0.717) is 42.7 Å². The monoisotopic (exact) mass is 673 g/mol. The van der Waals surface area contributed by atoms with E-state index >= 15 is 0 Å². The molecule has 0 bridgehead atoms. The number of nitrogens with zero attached hydrogens (tertiary/aromatic N) is 1. The van der Waals surface area contributed by atoms with Crippen molar-refractivity contribution >= 4 is 35.8 Å². The van der Waals surface area contributed by atoms with Crippen LogP contribution >= 0.6 is 0 Å². The van der Waals surface area contributed by atoms with E-state index in [4.69, 9.17) is 19.9 Å². The molecule has 12 heteroatoms. The predicted molar refractivity (Wildman–Crippen MR) is 188 cm³/mol. The Morgan fingerprint density at radius 2 is 1.10 bits per heavy atom. The summed E-state index contributed by atoms with van der Waals surface area (Å²) >= 11 is 0. The van der Waals surface area contributed by atoms with Gasteiger partial charge in [0.2, 0.25) is 0 Å². The SMILES string of the molecule is COc1cc(/C=C/C(=O)C(CCCNCCCN)N(C(=O)/C=C/c2ccc(O)c(OC)c2)C(=O)/C=C/c2ccc(O)c(OC)c2)ccc1O. The lowest BCUT2D eigenvalue weighted by molar-refractivity contribution is -0.145. The van der Waals surface area contributed by atoms with E-state index in [1.807, 2.05) is 0 Å². The molecular formula is C37H43N3O9. The van der Waals surface area contributed by atoms with Crippen LogP contribution in [0, 0.1) is 0 Å². The third kappa shape index (κ3) is 11.3. The molecule has 3 aromatic carbocycles. The van der Waals surface area contributed by atoms with Crippen molar-refractivity contribution in [2.75, 3.05) is 41.0 Å². The number of ether oxygens (including phenoxy) is 3. The van der Waals surface area contributed by atoms with Crippen molar-refractivity contribution in [2.45, 2.75) is 25.3 Å². The van der Waals surface area contributed by atoms with Gasteiger partial charge in [-0.05, 0) is 110 Å². The summed E-state index contributed by atoms with van der Waals surface area (Å²) in [7, 11) is 4.20. The Bertz CT molecular complexity index is 1610. The Hall–Kier alpha value is -5.59. The number of nitrogens with two attached hydrogens (primary N) is 1. The Labute approximate surface area is 285 Å². The van der Waals surface area contributed by atoms with Crippen LogP contribution in [-0.2, 0) is 14.4 Å². The number of benzene rings is 3. The van der Waals surface area contributed by atoms with Gasteiger partial charge in [-0.2, -0.15) is 0 Å². The number of hydrogen-bond donors (Lipinski definition) is 5. The van der Waals surface area contributed by atoms with Gasteiger partial charge in [-0.15, -0.1) is 0 Å². The van der Waals surface area contributed by atoms with Crippen molar-refractivity contribution in [2.24, 2.45) is 5.73 Å². The number of ketones is 1. The molecule has 0 saturated heterocycles. The minimum Gasteiger partial charge on any atom is -0.504 e. The van der Waals surface area contributed by atoms with Gasteiger partial charge in [0.15, 0.2) is 40.3 Å². The molecule has 0 aliphatic rings. The zero-order valence-corrected chi connectivity index (χ0v) is 27.8. The third-order valence-electron chi connectivity index (χ3n) is 7.39. The summed E-state index contributed by atoms with van der Waals surface area (Å²) in [6.07, 6.45) is 9.43. The number of aromatic hydroxyl groups is 3. The molecule has 1 unspecified atom stereocenters. The van der Waals surface area contributed by atoms with Crippen LogP contribution in [-0.4, -0.2) is 84.8 Å². The predicted octanol–water partition coefficient (Wildman–Crippen LogP) is 4.28. The molecule has 0 aromatic heterocycles. The fourth-order valence-electron chi connectivity index (χ4n) is 4.77. The lowest BCUT2D eigenvalue weighted by atomic mass is 10.0. The van der Waals surface area contributed by atoms with Gasteiger partial charge < -0.3 is 40.6 Å². The van der Waals surface area contributed by atoms with Crippen LogP contribution in [0.4, 0.5) is 0 Å². The van der Waals surface area contributed by atoms with E-state index in [1.54, 1.807) is 24.3 Å². The van der Waals surface area contributed by atoms with Crippen LogP contribution in [0.3, 0.4) is 0 Å². The molecule has 0 aliphatic carbocycles. The molecule has 260 valence electrons. The van der Waals surface area contributed by atoms with Crippen LogP contribution < -0.4 is 25.3 Å². The summed E-state index contributed by atoms with van der Waals surface area (Å²) in [6, 6.07) is 12.4. The second kappa shape index (κ2) is 19.3. The first-order valence-corrected chi connectivity index (χ1v) is 15.6. The van der Waals surface area contributed by atoms with Crippen molar-refractivity contribution in [3.8, 4) is 34.5 Å². The minimum absolute atomic E-state index is 0.0653. The van der Waals surface area contributed by atoms with E-state index < -0.39 is 23.6 Å². The Balaban J connectivity index is 2.02. The van der Waals surface area contributed by atoms with Crippen molar-refractivity contribution < 1.29 is 43.9 Å². The fraction of sp³-hybridized carbons (Fsp3) is 0.270. The first kappa shape index (κ1) is 37.9. The number of nitrogens with one attached hydrogen (secondary N) is 1. The van der Waals surface area contributed by atoms with Crippen molar-refractivity contribution in [3.05, 3.63) is 89.5 Å². The Kier molecular flexibility index (Phi) is 14.9. The number of hydrogen-bond acceptors (Lipinski definition) is 11. The van der Waals surface area contributed by atoms with Gasteiger partial charge in [0, 0.05) is 12.2 Å². The maximum absolute atomic E-state index is 13.9. The van der Waals surface area contributed by atoms with Crippen molar-refractivity contribution in [1.29, 1.82) is 0 Å². The van der Waals surface area contributed by atoms with Gasteiger partial charge in [-0.3, -0.25) is 19.3 Å². The zero-order chi connectivity index (χ0) is 35.8. The summed E-state index contributed by atoms with van der Waals surface area (Å²) in [5.41, 5.74) is 7.16. The molecule has 0 heterocycles. The van der Waals surface area contributed by atoms with Crippen LogP contribution in [0.1, 0.15) is 36.0 Å². The highest BCUT2D eigenvalue weighted by Crippen LogP contribution is 2.29. The highest BCUT2D eigenvalue weighted by atomic mass is 16.5. The normalized spacial score (nSPS) is 12.0. The van der Waals surface area contributed by atoms with E-state index in [1.165, 1.54) is 88.1 Å². The van der Waals surface area contributed by atoms with Gasteiger partial charge in [0.05, 0.1) is 21.3 Å². The summed E-state index contributed by atoms with van der Waals surface area (Å²) < 4.78 is 15.5. The van der Waals surface area contributed by atoms with E-state index in [2.05, 4.69) is 5.32 Å². The van der Waals surface area contributed by atoms with Gasteiger partial charge in [0.25, 0.3) is 11.8 Å². The van der Waals surface area contributed by atoms with Gasteiger partial charge in [0.1, 0.15) is 6.04 Å². The number of phenolic OH excluding ortho intramolecular Hbond substituents is 3. The highest BCUT2D eigenvalue weighted by Gasteiger charge is 2.31. The summed E-state index contributed by atoms with van der Waals surface area (Å²) in [5, 5.41) is 33.1. The fourth-order valence-corrected chi connectivity index (χ4v) is 4.77. The molecule has 0 radical (unpaired) electrons. The lowest BCUT2D eigenvalue weighted by Crippen LogP contribution is -2.47. The molecule has 49 heavy (non-hydrogen) atoms. The second-order valence-electron chi connectivity index (χ2n) is 10.8. The molecule has 0 aliphatic heterocycles. The molecule has 12 nitrogen and oxygen atoms in total. The second-order valence-corrected chi connectivity index (χ2v) is 10.8. The lowest BCUT2D eigenvalue weighted by Gasteiger charge is -2.27. The summed E-state index contributed by atoms with van der Waals surface area (Å²) in [4.78, 5) is 42.5. The molecule has 3 rings (SSSR count). The first-order valence-electron chi connectivity index (χ1n) is 15.6. The van der Waals surface area contributed by atoms with Gasteiger partial charge in [-0.25, -0.2) is 0 Å². The molecule has 2 amide bonds. The number of carbonyl (C=O) groups excluding carboxylic acids is 3. The molecule has 3 aromatic rings. The molecule has 0 fully saturated rings. The number of phenols is 3. The summed E-state index contributed by atoms with van der Waals surface area (Å²) in [6.45, 7) is 1.72. The third-order valence-corrected chi connectivity index (χ3v) is 7.39. The van der Waals surface area contributed by atoms with Crippen LogP contribution in [0.2, 0.25) is 0 Å². The maximum atomic E-state index is 13.9. The first-order chi connectivity index (χ1) is 23.6. The number of methoxy groups -OCH3 is 3. The highest BCUT2D eigenvalue weighted by molar-refractivity contribution is 6.12. The van der Waals surface area contributed by atoms with Gasteiger partial charge in [-0.1, -0.05) is 24.3 Å². The van der Waals surface area contributed by atoms with Crippen LogP contribution in [0.25, 0.3) is 18.2 Å². The topological polar surface area (TPSA) is 181 Å². The van der Waals surface area contributed by atoms with E-state index in [0.717, 1.165) is 11.3 Å². The molecular weight excluding hydrogens is 630 g/mol. The average Bonchev–Trinajstić information content (AvgIpc) is 3.11. The molecule has 0 spiro atoms. The quantitative estimate of drug-likeness (QED) is 0.0961. The van der Waals surface area contributed by atoms with Crippen LogP contribution in [0.15, 0.2) is 72.8 Å². The molecule has 1 atom stereocenters. The number of amides is 2. The zero-order valence-electron chi connectivity index (χ0n) is 27.8. The van der Waals surface area contributed by atoms with Crippen molar-refractivity contribution in [3.63, 3.8) is 0 Å². The van der Waals surface area contributed by atoms with E-state index in [-0.39, 0.29) is 40.9 Å². The maximum Gasteiger partial charge on any atom is 0.254 e. The van der Waals surface area contributed by atoms with Gasteiger partial charge >= 0.3 is 0 Å². The average molecular weight is 674 g/mol. The standard InChI is InChI=1S/C37H43N3O9/c1-47-33-22-25(8-14-30(33)42)7-13-29(41)28(6-4-20-39-21-5-19-38)40(36(45)17-11-26-9-15-31(43)34(23-26)48-2)37(46)18-12-27-10-16-32(44)35(24-27)49-3/h7-18,22-24,28,39,42-44H,4-6,19-21,38H2,1-3H3/b13-7+,17-11+,18-12+. The number of carbonyl (C=O) groups is 3.